The summed E-state index contributed by atoms with van der Waals surface area (Å²) in [5, 5.41) is 8.47. The van der Waals surface area contributed by atoms with E-state index in [4.69, 9.17) is 5.26 Å². The van der Waals surface area contributed by atoms with Crippen molar-refractivity contribution in [2.45, 2.75) is 0 Å². The van der Waals surface area contributed by atoms with Gasteiger partial charge in [-0.3, -0.25) is 9.36 Å². The maximum absolute atomic E-state index is 11.2. The largest absolute Gasteiger partial charge is 0.283 e. The van der Waals surface area contributed by atoms with Crippen molar-refractivity contribution in [3.05, 3.63) is 29.6 Å². The molecule has 0 bridgehead atoms. The molecule has 0 saturated carbocycles. The molecular weight excluding hydrogens is 140 g/mol. The predicted molar refractivity (Wildman–Crippen MR) is 38.6 cm³/mol. The van der Waals surface area contributed by atoms with Crippen molar-refractivity contribution in [1.82, 2.24) is 4.57 Å². The maximum atomic E-state index is 11.2. The minimum absolute atomic E-state index is 0.209. The van der Waals surface area contributed by atoms with E-state index in [0.29, 0.717) is 0 Å². The lowest BCUT2D eigenvalue weighted by atomic mass is 10.3. The van der Waals surface area contributed by atoms with Gasteiger partial charge in [-0.15, -0.1) is 0 Å². The molecule has 2 heterocycles. The van der Waals surface area contributed by atoms with Crippen LogP contribution >= 0.6 is 0 Å². The summed E-state index contributed by atoms with van der Waals surface area (Å²) in [5.74, 6) is -0.229. The number of carbonyl (C=O) groups excluding carboxylic acids is 1. The average Bonchev–Trinajstić information content (AvgIpc) is 2.53. The first kappa shape index (κ1) is 5.93. The molecule has 0 aliphatic carbocycles. The van der Waals surface area contributed by atoms with E-state index in [-0.39, 0.29) is 11.5 Å². The van der Waals surface area contributed by atoms with Crippen molar-refractivity contribution in [1.29, 1.82) is 5.26 Å². The number of hydrogen-bond acceptors (Lipinski definition) is 2. The van der Waals surface area contributed by atoms with E-state index in [1.807, 2.05) is 6.07 Å². The van der Waals surface area contributed by atoms with Gasteiger partial charge in [0, 0.05) is 6.20 Å². The zero-order chi connectivity index (χ0) is 7.84. The van der Waals surface area contributed by atoms with Crippen LogP contribution in [0.25, 0.3) is 6.08 Å². The molecule has 0 N–H and O–H groups in total. The fraction of sp³-hybridized carbons (Fsp3) is 0. The lowest BCUT2D eigenvalue weighted by Crippen LogP contribution is -2.05. The van der Waals surface area contributed by atoms with Crippen LogP contribution in [0.4, 0.5) is 0 Å². The van der Waals surface area contributed by atoms with Gasteiger partial charge in [-0.1, -0.05) is 0 Å². The molecule has 1 aliphatic rings. The Morgan fingerprint density at radius 3 is 3.00 bits per heavy atom. The van der Waals surface area contributed by atoms with Crippen LogP contribution in [0.1, 0.15) is 10.5 Å². The summed E-state index contributed by atoms with van der Waals surface area (Å²) in [6, 6.07) is 5.41. The first-order chi connectivity index (χ1) is 5.33. The zero-order valence-corrected chi connectivity index (χ0v) is 5.61. The highest BCUT2D eigenvalue weighted by Gasteiger charge is 2.19. The Bertz CT molecular complexity index is 392. The Morgan fingerprint density at radius 2 is 2.36 bits per heavy atom. The summed E-state index contributed by atoms with van der Waals surface area (Å²) >= 11 is 0. The molecular formula is C8H4N2O. The van der Waals surface area contributed by atoms with Gasteiger partial charge in [0.05, 0.1) is 5.69 Å². The summed E-state index contributed by atoms with van der Waals surface area (Å²) in [6.45, 7) is 0. The highest BCUT2D eigenvalue weighted by Crippen LogP contribution is 2.17. The van der Waals surface area contributed by atoms with E-state index in [2.05, 4.69) is 0 Å². The molecule has 0 fully saturated rings. The number of allylic oxidation sites excluding steroid dienone is 1. The number of aromatic nitrogens is 1. The number of nitrogens with zero attached hydrogens (tertiary/aromatic N) is 2. The standard InChI is InChI=1S/C8H4N2O/c9-5-6-4-7-2-1-3-10(7)8(6)11/h1-4H. The maximum Gasteiger partial charge on any atom is 0.273 e. The van der Waals surface area contributed by atoms with Crippen molar-refractivity contribution in [2.24, 2.45) is 0 Å². The molecule has 1 aromatic heterocycles. The van der Waals surface area contributed by atoms with E-state index in [1.54, 1.807) is 24.4 Å². The van der Waals surface area contributed by atoms with Gasteiger partial charge in [0.1, 0.15) is 11.6 Å². The van der Waals surface area contributed by atoms with E-state index in [9.17, 15) is 4.79 Å². The van der Waals surface area contributed by atoms with Gasteiger partial charge in [-0.05, 0) is 18.2 Å². The van der Waals surface area contributed by atoms with Crippen molar-refractivity contribution >= 4 is 12.0 Å². The van der Waals surface area contributed by atoms with Gasteiger partial charge in [0.15, 0.2) is 0 Å². The summed E-state index contributed by atoms with van der Waals surface area (Å²) < 4.78 is 1.46. The van der Waals surface area contributed by atoms with Crippen LogP contribution in [0.2, 0.25) is 0 Å². The van der Waals surface area contributed by atoms with Crippen molar-refractivity contribution in [3.63, 3.8) is 0 Å². The fourth-order valence-corrected chi connectivity index (χ4v) is 1.12. The molecule has 0 atom stereocenters. The normalized spacial score (nSPS) is 14.1. The second-order valence-electron chi connectivity index (χ2n) is 2.28. The lowest BCUT2D eigenvalue weighted by Gasteiger charge is -1.91. The topological polar surface area (TPSA) is 45.8 Å². The predicted octanol–water partition coefficient (Wildman–Crippen LogP) is 1.05. The molecule has 0 spiro atoms. The Labute approximate surface area is 63.2 Å². The third-order valence-electron chi connectivity index (χ3n) is 1.64. The highest BCUT2D eigenvalue weighted by molar-refractivity contribution is 6.07. The molecule has 52 valence electrons. The minimum atomic E-state index is -0.229. The molecule has 0 amide bonds. The number of rotatable bonds is 0. The number of nitriles is 1. The van der Waals surface area contributed by atoms with Crippen LogP contribution in [0.15, 0.2) is 23.9 Å². The summed E-state index contributed by atoms with van der Waals surface area (Å²) in [6.07, 6.45) is 3.24. The van der Waals surface area contributed by atoms with Gasteiger partial charge in [0.2, 0.25) is 0 Å². The highest BCUT2D eigenvalue weighted by atomic mass is 16.2. The van der Waals surface area contributed by atoms with Crippen LogP contribution in [0.3, 0.4) is 0 Å². The summed E-state index contributed by atoms with van der Waals surface area (Å²) in [7, 11) is 0. The van der Waals surface area contributed by atoms with E-state index in [0.717, 1.165) is 5.69 Å². The van der Waals surface area contributed by atoms with Crippen LogP contribution in [0, 0.1) is 11.3 Å². The first-order valence-corrected chi connectivity index (χ1v) is 3.17. The molecule has 11 heavy (non-hydrogen) atoms. The van der Waals surface area contributed by atoms with Crippen molar-refractivity contribution < 1.29 is 4.79 Å². The van der Waals surface area contributed by atoms with Crippen molar-refractivity contribution in [2.75, 3.05) is 0 Å². The van der Waals surface area contributed by atoms with E-state index < -0.39 is 0 Å². The number of fused-ring (bicyclic) bond motifs is 1. The van der Waals surface area contributed by atoms with Gasteiger partial charge in [-0.25, -0.2) is 0 Å². The Kier molecular flexibility index (Phi) is 0.986. The number of carbonyl (C=O) groups is 1. The molecule has 2 rings (SSSR count). The Morgan fingerprint density at radius 1 is 1.55 bits per heavy atom. The molecule has 0 aromatic carbocycles. The molecule has 0 radical (unpaired) electrons. The Hall–Kier alpha value is -1.82. The quantitative estimate of drug-likeness (QED) is 0.546. The SMILES string of the molecule is N#CC1=Cc2cccn2C1=O. The van der Waals surface area contributed by atoms with Gasteiger partial charge < -0.3 is 0 Å². The zero-order valence-electron chi connectivity index (χ0n) is 5.61. The molecule has 1 aromatic rings. The van der Waals surface area contributed by atoms with Crippen molar-refractivity contribution in [3.8, 4) is 6.07 Å². The van der Waals surface area contributed by atoms with Gasteiger partial charge in [0.25, 0.3) is 5.91 Å². The second kappa shape index (κ2) is 1.83. The Balaban J connectivity index is 2.63. The second-order valence-corrected chi connectivity index (χ2v) is 2.28. The van der Waals surface area contributed by atoms with Gasteiger partial charge in [-0.2, -0.15) is 5.26 Å². The lowest BCUT2D eigenvalue weighted by molar-refractivity contribution is 0.0966. The molecule has 3 nitrogen and oxygen atoms in total. The van der Waals surface area contributed by atoms with E-state index in [1.165, 1.54) is 4.57 Å². The molecule has 3 heteroatoms. The first-order valence-electron chi connectivity index (χ1n) is 3.17. The fourth-order valence-electron chi connectivity index (χ4n) is 1.12. The third-order valence-corrected chi connectivity index (χ3v) is 1.64. The van der Waals surface area contributed by atoms with Crippen LogP contribution < -0.4 is 0 Å². The third kappa shape index (κ3) is 0.635. The molecule has 1 aliphatic heterocycles. The van der Waals surface area contributed by atoms with Crippen LogP contribution in [-0.2, 0) is 0 Å². The number of hydrogen-bond donors (Lipinski definition) is 0. The van der Waals surface area contributed by atoms with Crippen LogP contribution in [0.5, 0.6) is 0 Å². The molecule has 0 unspecified atom stereocenters. The van der Waals surface area contributed by atoms with Crippen LogP contribution in [-0.4, -0.2) is 10.5 Å². The summed E-state index contributed by atoms with van der Waals surface area (Å²) in [4.78, 5) is 11.2. The minimum Gasteiger partial charge on any atom is -0.283 e. The monoisotopic (exact) mass is 144 g/mol. The average molecular weight is 144 g/mol. The summed E-state index contributed by atoms with van der Waals surface area (Å²) in [5.41, 5.74) is 0.993. The molecule has 0 saturated heterocycles. The van der Waals surface area contributed by atoms with Gasteiger partial charge >= 0.3 is 0 Å². The van der Waals surface area contributed by atoms with E-state index >= 15 is 0 Å². The smallest absolute Gasteiger partial charge is 0.273 e.